The van der Waals surface area contributed by atoms with Crippen molar-refractivity contribution < 1.29 is 0 Å². The standard InChI is InChI=1S/C15H17ClN2S/c1-10-6-11(2)18-15(7-10)19-14-5-4-13(16)8-12(14)9-17-3/h4-8,17H,9H2,1-3H3. The fourth-order valence-electron chi connectivity index (χ4n) is 1.95. The predicted molar refractivity (Wildman–Crippen MR) is 82.0 cm³/mol. The highest BCUT2D eigenvalue weighted by Gasteiger charge is 2.07. The first-order valence-corrected chi connectivity index (χ1v) is 7.34. The summed E-state index contributed by atoms with van der Waals surface area (Å²) in [7, 11) is 1.93. The lowest BCUT2D eigenvalue weighted by molar-refractivity contribution is 0.803. The van der Waals surface area contributed by atoms with Crippen LogP contribution in [-0.4, -0.2) is 12.0 Å². The number of nitrogens with one attached hydrogen (secondary N) is 1. The van der Waals surface area contributed by atoms with Crippen LogP contribution in [0.15, 0.2) is 40.3 Å². The Morgan fingerprint density at radius 2 is 2.00 bits per heavy atom. The normalized spacial score (nSPS) is 10.7. The molecule has 0 aliphatic heterocycles. The molecule has 1 aromatic carbocycles. The average Bonchev–Trinajstić information content (AvgIpc) is 2.32. The van der Waals surface area contributed by atoms with Crippen molar-refractivity contribution in [2.24, 2.45) is 0 Å². The van der Waals surface area contributed by atoms with E-state index < -0.39 is 0 Å². The molecule has 2 rings (SSSR count). The number of rotatable bonds is 4. The van der Waals surface area contributed by atoms with E-state index in [1.54, 1.807) is 11.8 Å². The maximum atomic E-state index is 6.05. The summed E-state index contributed by atoms with van der Waals surface area (Å²) in [6.45, 7) is 4.91. The summed E-state index contributed by atoms with van der Waals surface area (Å²) in [6, 6.07) is 10.2. The molecule has 4 heteroatoms. The Balaban J connectivity index is 2.31. The highest BCUT2D eigenvalue weighted by molar-refractivity contribution is 7.99. The molecular formula is C15H17ClN2S. The maximum absolute atomic E-state index is 6.05. The van der Waals surface area contributed by atoms with Gasteiger partial charge in [0, 0.05) is 22.2 Å². The van der Waals surface area contributed by atoms with Gasteiger partial charge >= 0.3 is 0 Å². The van der Waals surface area contributed by atoms with Crippen LogP contribution in [0, 0.1) is 13.8 Å². The Bertz CT molecular complexity index is 564. The van der Waals surface area contributed by atoms with E-state index in [0.29, 0.717) is 0 Å². The quantitative estimate of drug-likeness (QED) is 0.913. The first-order valence-electron chi connectivity index (χ1n) is 6.14. The molecule has 0 fully saturated rings. The Hall–Kier alpha value is -1.03. The molecule has 0 radical (unpaired) electrons. The first kappa shape index (κ1) is 14.4. The molecule has 0 unspecified atom stereocenters. The minimum atomic E-state index is 0.767. The molecule has 2 aromatic rings. The molecule has 0 aliphatic carbocycles. The number of halogens is 1. The number of hydrogen-bond donors (Lipinski definition) is 1. The largest absolute Gasteiger partial charge is 0.316 e. The summed E-state index contributed by atoms with van der Waals surface area (Å²) in [5, 5.41) is 4.96. The van der Waals surface area contributed by atoms with Gasteiger partial charge in [-0.15, -0.1) is 0 Å². The number of hydrogen-bond acceptors (Lipinski definition) is 3. The smallest absolute Gasteiger partial charge is 0.101 e. The third-order valence-corrected chi connectivity index (χ3v) is 3.95. The van der Waals surface area contributed by atoms with Crippen molar-refractivity contribution in [2.75, 3.05) is 7.05 Å². The van der Waals surface area contributed by atoms with Crippen LogP contribution < -0.4 is 5.32 Å². The number of benzene rings is 1. The Labute approximate surface area is 123 Å². The Morgan fingerprint density at radius 3 is 2.68 bits per heavy atom. The summed E-state index contributed by atoms with van der Waals surface area (Å²) >= 11 is 7.73. The molecule has 0 aliphatic rings. The van der Waals surface area contributed by atoms with E-state index in [0.717, 1.165) is 22.3 Å². The summed E-state index contributed by atoms with van der Waals surface area (Å²) in [4.78, 5) is 5.75. The molecule has 0 atom stereocenters. The second kappa shape index (κ2) is 6.42. The van der Waals surface area contributed by atoms with Crippen LogP contribution in [-0.2, 0) is 6.54 Å². The van der Waals surface area contributed by atoms with Gasteiger partial charge in [0.25, 0.3) is 0 Å². The van der Waals surface area contributed by atoms with Crippen molar-refractivity contribution >= 4 is 23.4 Å². The van der Waals surface area contributed by atoms with E-state index >= 15 is 0 Å². The number of nitrogens with zero attached hydrogens (tertiary/aromatic N) is 1. The van der Waals surface area contributed by atoms with Gasteiger partial charge in [-0.05, 0) is 62.4 Å². The van der Waals surface area contributed by atoms with Crippen molar-refractivity contribution in [3.63, 3.8) is 0 Å². The van der Waals surface area contributed by atoms with Gasteiger partial charge in [0.15, 0.2) is 0 Å². The van der Waals surface area contributed by atoms with E-state index in [1.165, 1.54) is 16.0 Å². The zero-order valence-corrected chi connectivity index (χ0v) is 12.9. The van der Waals surface area contributed by atoms with Gasteiger partial charge in [-0.25, -0.2) is 4.98 Å². The van der Waals surface area contributed by atoms with E-state index in [4.69, 9.17) is 11.6 Å². The molecular weight excluding hydrogens is 276 g/mol. The van der Waals surface area contributed by atoms with Crippen LogP contribution in [0.25, 0.3) is 0 Å². The summed E-state index contributed by atoms with van der Waals surface area (Å²) in [5.74, 6) is 0. The van der Waals surface area contributed by atoms with Crippen LogP contribution in [0.5, 0.6) is 0 Å². The Kier molecular flexibility index (Phi) is 4.86. The van der Waals surface area contributed by atoms with Gasteiger partial charge in [-0.1, -0.05) is 23.4 Å². The van der Waals surface area contributed by atoms with Crippen molar-refractivity contribution in [3.8, 4) is 0 Å². The fraction of sp³-hybridized carbons (Fsp3) is 0.267. The molecule has 0 bridgehead atoms. The minimum Gasteiger partial charge on any atom is -0.316 e. The molecule has 1 N–H and O–H groups in total. The van der Waals surface area contributed by atoms with Crippen molar-refractivity contribution in [1.29, 1.82) is 0 Å². The Morgan fingerprint density at radius 1 is 1.21 bits per heavy atom. The first-order chi connectivity index (χ1) is 9.08. The van der Waals surface area contributed by atoms with Crippen molar-refractivity contribution in [1.82, 2.24) is 10.3 Å². The van der Waals surface area contributed by atoms with E-state index in [1.807, 2.05) is 26.1 Å². The molecule has 0 saturated carbocycles. The van der Waals surface area contributed by atoms with Crippen LogP contribution in [0.1, 0.15) is 16.8 Å². The van der Waals surface area contributed by atoms with Gasteiger partial charge in [0.2, 0.25) is 0 Å². The predicted octanol–water partition coefficient (Wildman–Crippen LogP) is 4.22. The highest BCUT2D eigenvalue weighted by Crippen LogP contribution is 2.31. The summed E-state index contributed by atoms with van der Waals surface area (Å²) < 4.78 is 0. The van der Waals surface area contributed by atoms with E-state index in [-0.39, 0.29) is 0 Å². The summed E-state index contributed by atoms with van der Waals surface area (Å²) in [5.41, 5.74) is 3.48. The zero-order valence-electron chi connectivity index (χ0n) is 11.3. The van der Waals surface area contributed by atoms with Crippen LogP contribution in [0.4, 0.5) is 0 Å². The molecule has 19 heavy (non-hydrogen) atoms. The van der Waals surface area contributed by atoms with Crippen molar-refractivity contribution in [3.05, 3.63) is 52.2 Å². The van der Waals surface area contributed by atoms with Crippen LogP contribution >= 0.6 is 23.4 Å². The van der Waals surface area contributed by atoms with Gasteiger partial charge in [0.05, 0.1) is 0 Å². The molecule has 0 amide bonds. The van der Waals surface area contributed by atoms with E-state index in [2.05, 4.69) is 35.4 Å². The number of pyridine rings is 1. The lowest BCUT2D eigenvalue weighted by Gasteiger charge is -2.10. The minimum absolute atomic E-state index is 0.767. The molecule has 2 nitrogen and oxygen atoms in total. The molecule has 0 saturated heterocycles. The zero-order chi connectivity index (χ0) is 13.8. The second-order valence-corrected chi connectivity index (χ2v) is 6.01. The molecule has 100 valence electrons. The molecule has 1 aromatic heterocycles. The average molecular weight is 293 g/mol. The monoisotopic (exact) mass is 292 g/mol. The fourth-order valence-corrected chi connectivity index (χ4v) is 3.20. The second-order valence-electron chi connectivity index (χ2n) is 4.51. The third-order valence-electron chi connectivity index (χ3n) is 2.68. The van der Waals surface area contributed by atoms with Crippen LogP contribution in [0.3, 0.4) is 0 Å². The van der Waals surface area contributed by atoms with E-state index in [9.17, 15) is 0 Å². The molecule has 1 heterocycles. The highest BCUT2D eigenvalue weighted by atomic mass is 35.5. The van der Waals surface area contributed by atoms with Crippen LogP contribution in [0.2, 0.25) is 5.02 Å². The number of aromatic nitrogens is 1. The molecule has 0 spiro atoms. The maximum Gasteiger partial charge on any atom is 0.101 e. The van der Waals surface area contributed by atoms with Gasteiger partial charge in [-0.2, -0.15) is 0 Å². The van der Waals surface area contributed by atoms with Crippen molar-refractivity contribution in [2.45, 2.75) is 30.3 Å². The summed E-state index contributed by atoms with van der Waals surface area (Å²) in [6.07, 6.45) is 0. The number of aryl methyl sites for hydroxylation is 2. The van der Waals surface area contributed by atoms with Gasteiger partial charge < -0.3 is 5.32 Å². The van der Waals surface area contributed by atoms with Gasteiger partial charge in [0.1, 0.15) is 5.03 Å². The third kappa shape index (κ3) is 3.96. The lowest BCUT2D eigenvalue weighted by atomic mass is 10.2. The topological polar surface area (TPSA) is 24.9 Å². The SMILES string of the molecule is CNCc1cc(Cl)ccc1Sc1cc(C)cc(C)n1. The lowest BCUT2D eigenvalue weighted by Crippen LogP contribution is -2.06. The van der Waals surface area contributed by atoms with Gasteiger partial charge in [-0.3, -0.25) is 0 Å².